The Balaban J connectivity index is 2.57. The van der Waals surface area contributed by atoms with Gasteiger partial charge in [0.2, 0.25) is 0 Å². The van der Waals surface area contributed by atoms with Crippen molar-refractivity contribution in [3.05, 3.63) is 42.1 Å². The van der Waals surface area contributed by atoms with Gasteiger partial charge in [-0.3, -0.25) is 0 Å². The summed E-state index contributed by atoms with van der Waals surface area (Å²) in [6.45, 7) is 2.15. The Kier molecular flexibility index (Phi) is 1.73. The normalized spacial score (nSPS) is 11.2. The molecule has 3 aromatic rings. The van der Waals surface area contributed by atoms with Gasteiger partial charge in [-0.15, -0.1) is 0 Å². The Morgan fingerprint density at radius 3 is 3.00 bits per heavy atom. The summed E-state index contributed by atoms with van der Waals surface area (Å²) in [6, 6.07) is 10.9. The van der Waals surface area contributed by atoms with Crippen molar-refractivity contribution >= 4 is 33.9 Å². The van der Waals surface area contributed by atoms with Crippen molar-refractivity contribution in [1.29, 1.82) is 0 Å². The van der Waals surface area contributed by atoms with Crippen LogP contribution in [0.2, 0.25) is 0 Å². The molecule has 68 valence electrons. The van der Waals surface area contributed by atoms with E-state index in [1.165, 1.54) is 25.0 Å². The van der Waals surface area contributed by atoms with Crippen LogP contribution in [0.25, 0.3) is 19.4 Å². The third-order valence-corrected chi connectivity index (χ3v) is 4.71. The van der Waals surface area contributed by atoms with Gasteiger partial charge in [0.15, 0.2) is 0 Å². The molecule has 0 spiro atoms. The molecular weight excluding hydrogens is 237 g/mol. The van der Waals surface area contributed by atoms with Gasteiger partial charge in [0, 0.05) is 0 Å². The topological polar surface area (TPSA) is 12.9 Å². The third-order valence-electron chi connectivity index (χ3n) is 2.38. The average molecular weight is 246 g/mol. The van der Waals surface area contributed by atoms with Crippen molar-refractivity contribution in [2.24, 2.45) is 0 Å². The van der Waals surface area contributed by atoms with Gasteiger partial charge in [0.1, 0.15) is 0 Å². The van der Waals surface area contributed by atoms with Crippen molar-refractivity contribution < 1.29 is 0 Å². The number of aryl methyl sites for hydroxylation is 1. The van der Waals surface area contributed by atoms with Crippen LogP contribution in [-0.2, 0) is 0 Å². The summed E-state index contributed by atoms with van der Waals surface area (Å²) < 4.78 is 2.90. The molecule has 0 unspecified atom stereocenters. The van der Waals surface area contributed by atoms with Crippen molar-refractivity contribution in [3.8, 4) is 0 Å². The number of hydrogen-bond donors (Lipinski definition) is 0. The van der Waals surface area contributed by atoms with Gasteiger partial charge in [0.25, 0.3) is 0 Å². The number of fused-ring (bicyclic) bond motifs is 3. The molecular formula is C12H9NSe. The first-order valence-electron chi connectivity index (χ1n) is 4.58. The molecule has 1 nitrogen and oxygen atoms in total. The number of pyridine rings is 1. The Morgan fingerprint density at radius 2 is 2.07 bits per heavy atom. The molecule has 0 aliphatic rings. The molecule has 0 fully saturated rings. The standard InChI is InChI=1S/C12H9NSe/c1-8-4-5-9-11(7-8)14-10-3-2-6-13-12(9)10/h2-7H,1H3. The predicted octanol–water partition coefficient (Wildman–Crippen LogP) is 2.75. The van der Waals surface area contributed by atoms with E-state index in [2.05, 4.69) is 36.2 Å². The second kappa shape index (κ2) is 2.94. The van der Waals surface area contributed by atoms with Crippen LogP contribution in [-0.4, -0.2) is 19.5 Å². The van der Waals surface area contributed by atoms with E-state index >= 15 is 0 Å². The maximum absolute atomic E-state index is 4.45. The summed E-state index contributed by atoms with van der Waals surface area (Å²) in [7, 11) is 0. The molecule has 14 heavy (non-hydrogen) atoms. The summed E-state index contributed by atoms with van der Waals surface area (Å²) in [5.74, 6) is 0. The monoisotopic (exact) mass is 247 g/mol. The molecule has 0 N–H and O–H groups in total. The molecule has 1 aromatic carbocycles. The van der Waals surface area contributed by atoms with Crippen molar-refractivity contribution in [2.45, 2.75) is 6.92 Å². The molecule has 0 saturated carbocycles. The first-order chi connectivity index (χ1) is 6.84. The molecule has 0 amide bonds. The fraction of sp³-hybridized carbons (Fsp3) is 0.0833. The molecule has 0 aliphatic heterocycles. The van der Waals surface area contributed by atoms with Crippen molar-refractivity contribution in [1.82, 2.24) is 4.98 Å². The Bertz CT molecular complexity index is 610. The number of hydrogen-bond acceptors (Lipinski definition) is 1. The minimum atomic E-state index is 0.463. The van der Waals surface area contributed by atoms with Crippen LogP contribution in [0.1, 0.15) is 5.56 Å². The quantitative estimate of drug-likeness (QED) is 0.556. The van der Waals surface area contributed by atoms with Crippen molar-refractivity contribution in [3.63, 3.8) is 0 Å². The summed E-state index contributed by atoms with van der Waals surface area (Å²) in [6.07, 6.45) is 1.88. The van der Waals surface area contributed by atoms with E-state index < -0.39 is 0 Å². The molecule has 0 radical (unpaired) electrons. The molecule has 2 heteroatoms. The van der Waals surface area contributed by atoms with E-state index in [1.807, 2.05) is 12.3 Å². The average Bonchev–Trinajstić information content (AvgIpc) is 2.54. The first kappa shape index (κ1) is 8.22. The number of nitrogens with zero attached hydrogens (tertiary/aromatic N) is 1. The van der Waals surface area contributed by atoms with Gasteiger partial charge in [-0.05, 0) is 0 Å². The Labute approximate surface area is 88.1 Å². The van der Waals surface area contributed by atoms with Gasteiger partial charge in [-0.1, -0.05) is 0 Å². The zero-order chi connectivity index (χ0) is 9.54. The van der Waals surface area contributed by atoms with Crippen LogP contribution in [0.3, 0.4) is 0 Å². The first-order valence-corrected chi connectivity index (χ1v) is 6.30. The summed E-state index contributed by atoms with van der Waals surface area (Å²) in [4.78, 5) is 4.45. The number of aromatic nitrogens is 1. The minimum absolute atomic E-state index is 0.463. The van der Waals surface area contributed by atoms with Gasteiger partial charge in [-0.2, -0.15) is 0 Å². The molecule has 0 bridgehead atoms. The number of rotatable bonds is 0. The zero-order valence-corrected chi connectivity index (χ0v) is 9.53. The fourth-order valence-electron chi connectivity index (χ4n) is 1.70. The summed E-state index contributed by atoms with van der Waals surface area (Å²) >= 11 is 0.463. The van der Waals surface area contributed by atoms with Crippen LogP contribution >= 0.6 is 0 Å². The zero-order valence-electron chi connectivity index (χ0n) is 7.82. The van der Waals surface area contributed by atoms with E-state index in [0.29, 0.717) is 14.5 Å². The molecule has 0 atom stereocenters. The van der Waals surface area contributed by atoms with Gasteiger partial charge in [0.05, 0.1) is 0 Å². The number of benzene rings is 1. The fourth-order valence-corrected chi connectivity index (χ4v) is 4.14. The van der Waals surface area contributed by atoms with Crippen LogP contribution in [0, 0.1) is 6.92 Å². The van der Waals surface area contributed by atoms with E-state index in [-0.39, 0.29) is 0 Å². The summed E-state index contributed by atoms with van der Waals surface area (Å²) in [5.41, 5.74) is 2.54. The van der Waals surface area contributed by atoms with Gasteiger partial charge in [-0.25, -0.2) is 0 Å². The van der Waals surface area contributed by atoms with E-state index in [1.54, 1.807) is 0 Å². The van der Waals surface area contributed by atoms with Crippen LogP contribution in [0.4, 0.5) is 0 Å². The molecule has 0 saturated heterocycles. The summed E-state index contributed by atoms with van der Waals surface area (Å²) in [5, 5.41) is 1.34. The molecule has 2 heterocycles. The molecule has 0 aliphatic carbocycles. The maximum atomic E-state index is 4.45. The predicted molar refractivity (Wildman–Crippen MR) is 60.9 cm³/mol. The Morgan fingerprint density at radius 1 is 1.14 bits per heavy atom. The Hall–Kier alpha value is -1.11. The second-order valence-corrected chi connectivity index (χ2v) is 5.73. The van der Waals surface area contributed by atoms with E-state index in [9.17, 15) is 0 Å². The van der Waals surface area contributed by atoms with Gasteiger partial charge < -0.3 is 0 Å². The molecule has 2 aromatic heterocycles. The van der Waals surface area contributed by atoms with Crippen LogP contribution in [0.5, 0.6) is 0 Å². The van der Waals surface area contributed by atoms with E-state index in [4.69, 9.17) is 0 Å². The third kappa shape index (κ3) is 1.12. The van der Waals surface area contributed by atoms with Crippen molar-refractivity contribution in [2.75, 3.05) is 0 Å². The second-order valence-electron chi connectivity index (χ2n) is 3.45. The molecule has 3 rings (SSSR count). The SMILES string of the molecule is Cc1ccc2c(c1)[se]c1cccnc12. The van der Waals surface area contributed by atoms with Gasteiger partial charge >= 0.3 is 87.9 Å². The van der Waals surface area contributed by atoms with E-state index in [0.717, 1.165) is 0 Å². The van der Waals surface area contributed by atoms with Crippen LogP contribution < -0.4 is 0 Å². The van der Waals surface area contributed by atoms with Crippen LogP contribution in [0.15, 0.2) is 36.5 Å².